The Morgan fingerprint density at radius 1 is 1.29 bits per heavy atom. The van der Waals surface area contributed by atoms with Crippen LogP contribution in [-0.4, -0.2) is 14.3 Å². The maximum atomic E-state index is 12.6. The summed E-state index contributed by atoms with van der Waals surface area (Å²) in [5.74, 6) is 1.31. The van der Waals surface area contributed by atoms with Gasteiger partial charge in [0.15, 0.2) is 0 Å². The van der Waals surface area contributed by atoms with Crippen LogP contribution in [0.2, 0.25) is 5.02 Å². The summed E-state index contributed by atoms with van der Waals surface area (Å²) in [7, 11) is 1.72. The third-order valence-corrected chi connectivity index (χ3v) is 5.89. The van der Waals surface area contributed by atoms with Crippen molar-refractivity contribution in [1.82, 2.24) is 14.3 Å². The molecule has 1 fully saturated rings. The maximum absolute atomic E-state index is 12.6. The van der Waals surface area contributed by atoms with E-state index in [0.717, 1.165) is 23.0 Å². The van der Waals surface area contributed by atoms with E-state index in [1.807, 2.05) is 28.8 Å². The SMILES string of the molecule is Cn1nc(Cc2ccccc2Cl)n(CC2CCCCC2(C)C)c1=O. The molecule has 24 heavy (non-hydrogen) atoms. The second-order valence-corrected chi connectivity index (χ2v) is 8.04. The van der Waals surface area contributed by atoms with E-state index >= 15 is 0 Å². The average Bonchev–Trinajstić information content (AvgIpc) is 2.79. The van der Waals surface area contributed by atoms with Crippen LogP contribution in [0.15, 0.2) is 29.1 Å². The first-order valence-electron chi connectivity index (χ1n) is 8.74. The Labute approximate surface area is 148 Å². The molecule has 0 saturated heterocycles. The minimum atomic E-state index is -0.0292. The van der Waals surface area contributed by atoms with Crippen LogP contribution in [-0.2, 0) is 20.0 Å². The molecule has 1 aliphatic rings. The Morgan fingerprint density at radius 2 is 2.04 bits per heavy atom. The van der Waals surface area contributed by atoms with E-state index in [4.69, 9.17) is 11.6 Å². The van der Waals surface area contributed by atoms with E-state index in [-0.39, 0.29) is 11.1 Å². The van der Waals surface area contributed by atoms with E-state index in [2.05, 4.69) is 18.9 Å². The summed E-state index contributed by atoms with van der Waals surface area (Å²) in [4.78, 5) is 12.6. The van der Waals surface area contributed by atoms with Gasteiger partial charge in [-0.05, 0) is 35.8 Å². The number of nitrogens with zero attached hydrogens (tertiary/aromatic N) is 3. The molecular weight excluding hydrogens is 322 g/mol. The zero-order valence-electron chi connectivity index (χ0n) is 14.8. The minimum Gasteiger partial charge on any atom is -0.278 e. The lowest BCUT2D eigenvalue weighted by atomic mass is 9.69. The molecular formula is C19H26ClN3O. The van der Waals surface area contributed by atoms with Crippen LogP contribution in [0.4, 0.5) is 0 Å². The monoisotopic (exact) mass is 347 g/mol. The standard InChI is InChI=1S/C19H26ClN3O/c1-19(2)11-7-6-9-15(19)13-23-17(21-22(3)18(23)24)12-14-8-4-5-10-16(14)20/h4-5,8,10,15H,6-7,9,11-13H2,1-3H3. The van der Waals surface area contributed by atoms with Crippen LogP contribution in [0.1, 0.15) is 50.9 Å². The Kier molecular flexibility index (Phi) is 4.86. The molecule has 1 aromatic carbocycles. The van der Waals surface area contributed by atoms with Gasteiger partial charge in [0.1, 0.15) is 5.82 Å². The molecule has 1 aliphatic carbocycles. The molecule has 0 amide bonds. The third kappa shape index (κ3) is 3.44. The number of hydrogen-bond acceptors (Lipinski definition) is 2. The van der Waals surface area contributed by atoms with E-state index < -0.39 is 0 Å². The lowest BCUT2D eigenvalue weighted by molar-refractivity contribution is 0.118. The van der Waals surface area contributed by atoms with Crippen molar-refractivity contribution in [2.45, 2.75) is 52.5 Å². The number of halogens is 1. The van der Waals surface area contributed by atoms with Gasteiger partial charge < -0.3 is 0 Å². The predicted molar refractivity (Wildman–Crippen MR) is 97.5 cm³/mol. The lowest BCUT2D eigenvalue weighted by Gasteiger charge is -2.38. The molecule has 1 aromatic heterocycles. The van der Waals surface area contributed by atoms with Crippen LogP contribution >= 0.6 is 11.6 Å². The van der Waals surface area contributed by atoms with Crippen molar-refractivity contribution in [2.75, 3.05) is 0 Å². The first kappa shape index (κ1) is 17.3. The molecule has 3 rings (SSSR count). The lowest BCUT2D eigenvalue weighted by Crippen LogP contribution is -2.35. The average molecular weight is 348 g/mol. The minimum absolute atomic E-state index is 0.0292. The molecule has 0 bridgehead atoms. The van der Waals surface area contributed by atoms with Crippen LogP contribution in [0, 0.1) is 11.3 Å². The van der Waals surface area contributed by atoms with Gasteiger partial charge in [0.2, 0.25) is 0 Å². The summed E-state index contributed by atoms with van der Waals surface area (Å²) in [5, 5.41) is 5.19. The molecule has 2 aromatic rings. The van der Waals surface area contributed by atoms with Crippen molar-refractivity contribution < 1.29 is 0 Å². The maximum Gasteiger partial charge on any atom is 0.345 e. The number of hydrogen-bond donors (Lipinski definition) is 0. The summed E-state index contributed by atoms with van der Waals surface area (Å²) in [6.45, 7) is 5.40. The first-order chi connectivity index (χ1) is 11.4. The zero-order chi connectivity index (χ0) is 17.3. The predicted octanol–water partition coefficient (Wildman–Crippen LogP) is 4.04. The van der Waals surface area contributed by atoms with Gasteiger partial charge in [-0.1, -0.05) is 56.5 Å². The molecule has 1 unspecified atom stereocenters. The fraction of sp³-hybridized carbons (Fsp3) is 0.579. The van der Waals surface area contributed by atoms with E-state index in [1.54, 1.807) is 7.05 Å². The highest BCUT2D eigenvalue weighted by Gasteiger charge is 2.33. The van der Waals surface area contributed by atoms with Crippen molar-refractivity contribution in [3.63, 3.8) is 0 Å². The van der Waals surface area contributed by atoms with E-state index in [1.165, 1.54) is 30.4 Å². The van der Waals surface area contributed by atoms with Gasteiger partial charge in [-0.3, -0.25) is 4.57 Å². The van der Waals surface area contributed by atoms with Crippen LogP contribution in [0.3, 0.4) is 0 Å². The molecule has 0 spiro atoms. The summed E-state index contributed by atoms with van der Waals surface area (Å²) in [6.07, 6.45) is 5.54. The number of benzene rings is 1. The molecule has 0 radical (unpaired) electrons. The third-order valence-electron chi connectivity index (χ3n) is 5.52. The second-order valence-electron chi connectivity index (χ2n) is 7.63. The van der Waals surface area contributed by atoms with Gasteiger partial charge in [-0.15, -0.1) is 0 Å². The zero-order valence-corrected chi connectivity index (χ0v) is 15.5. The molecule has 0 N–H and O–H groups in total. The number of aryl methyl sites for hydroxylation is 1. The van der Waals surface area contributed by atoms with Crippen molar-refractivity contribution >= 4 is 11.6 Å². The van der Waals surface area contributed by atoms with Crippen LogP contribution in [0.5, 0.6) is 0 Å². The summed E-state index contributed by atoms with van der Waals surface area (Å²) >= 11 is 6.29. The first-order valence-corrected chi connectivity index (χ1v) is 9.12. The van der Waals surface area contributed by atoms with Crippen LogP contribution < -0.4 is 5.69 Å². The summed E-state index contributed by atoms with van der Waals surface area (Å²) in [6, 6.07) is 7.77. The van der Waals surface area contributed by atoms with Crippen molar-refractivity contribution in [1.29, 1.82) is 0 Å². The molecule has 1 heterocycles. The van der Waals surface area contributed by atoms with Gasteiger partial charge in [0, 0.05) is 25.0 Å². The molecule has 1 atom stereocenters. The molecule has 5 heteroatoms. The fourth-order valence-electron chi connectivity index (χ4n) is 3.81. The molecule has 0 aliphatic heterocycles. The van der Waals surface area contributed by atoms with Gasteiger partial charge in [-0.2, -0.15) is 5.10 Å². The Hall–Kier alpha value is -1.55. The largest absolute Gasteiger partial charge is 0.345 e. The molecule has 1 saturated carbocycles. The number of rotatable bonds is 4. The van der Waals surface area contributed by atoms with Gasteiger partial charge in [0.05, 0.1) is 0 Å². The highest BCUT2D eigenvalue weighted by Crippen LogP contribution is 2.41. The van der Waals surface area contributed by atoms with Crippen LogP contribution in [0.25, 0.3) is 0 Å². The fourth-order valence-corrected chi connectivity index (χ4v) is 4.01. The normalized spacial score (nSPS) is 20.2. The van der Waals surface area contributed by atoms with Crippen molar-refractivity contribution in [2.24, 2.45) is 18.4 Å². The van der Waals surface area contributed by atoms with E-state index in [0.29, 0.717) is 12.3 Å². The Morgan fingerprint density at radius 3 is 2.75 bits per heavy atom. The topological polar surface area (TPSA) is 39.8 Å². The van der Waals surface area contributed by atoms with Gasteiger partial charge in [0.25, 0.3) is 0 Å². The van der Waals surface area contributed by atoms with Gasteiger partial charge >= 0.3 is 5.69 Å². The highest BCUT2D eigenvalue weighted by molar-refractivity contribution is 6.31. The summed E-state index contributed by atoms with van der Waals surface area (Å²) in [5.41, 5.74) is 1.25. The Bertz CT molecular complexity index is 775. The van der Waals surface area contributed by atoms with Crippen molar-refractivity contribution in [3.05, 3.63) is 51.2 Å². The number of aromatic nitrogens is 3. The summed E-state index contributed by atoms with van der Waals surface area (Å²) < 4.78 is 3.31. The smallest absolute Gasteiger partial charge is 0.278 e. The molecule has 4 nitrogen and oxygen atoms in total. The van der Waals surface area contributed by atoms with E-state index in [9.17, 15) is 4.79 Å². The van der Waals surface area contributed by atoms with Crippen molar-refractivity contribution in [3.8, 4) is 0 Å². The highest BCUT2D eigenvalue weighted by atomic mass is 35.5. The Balaban J connectivity index is 1.91. The molecule has 130 valence electrons. The van der Waals surface area contributed by atoms with Gasteiger partial charge in [-0.25, -0.2) is 9.48 Å². The quantitative estimate of drug-likeness (QED) is 0.837. The second kappa shape index (κ2) is 6.75.